The Morgan fingerprint density at radius 3 is 2.53 bits per heavy atom. The zero-order valence-corrected chi connectivity index (χ0v) is 18.2. The number of nitrogens with two attached hydrogens (primary N) is 2. The Labute approximate surface area is 194 Å². The largest absolute Gasteiger partial charge is 0.497 e. The number of hydrogen-bond acceptors (Lipinski definition) is 9. The molecule has 34 heavy (non-hydrogen) atoms. The number of methoxy groups -OCH3 is 1. The lowest BCUT2D eigenvalue weighted by Crippen LogP contribution is -2.18. The number of H-pyrrole nitrogens is 1. The summed E-state index contributed by atoms with van der Waals surface area (Å²) in [4.78, 5) is 23.6. The molecular formula is C22H23N9O3. The van der Waals surface area contributed by atoms with Crippen LogP contribution < -0.4 is 31.9 Å². The van der Waals surface area contributed by atoms with Gasteiger partial charge in [0.25, 0.3) is 5.95 Å². The number of nitrogen functional groups attached to an aromatic ring is 1. The number of rotatable bonds is 9. The van der Waals surface area contributed by atoms with Crippen LogP contribution in [0.25, 0.3) is 5.95 Å². The molecule has 4 rings (SSSR count). The average Bonchev–Trinajstić information content (AvgIpc) is 3.24. The predicted molar refractivity (Wildman–Crippen MR) is 125 cm³/mol. The van der Waals surface area contributed by atoms with Gasteiger partial charge < -0.3 is 20.5 Å². The van der Waals surface area contributed by atoms with Gasteiger partial charge in [0, 0.05) is 29.7 Å². The molecule has 0 saturated heterocycles. The fourth-order valence-corrected chi connectivity index (χ4v) is 3.29. The van der Waals surface area contributed by atoms with Crippen LogP contribution in [0.4, 0.5) is 5.69 Å². The molecular weight excluding hydrogens is 438 g/mol. The molecule has 0 bridgehead atoms. The molecule has 1 atom stereocenters. The topological polar surface area (TPSA) is 183 Å². The van der Waals surface area contributed by atoms with Crippen LogP contribution in [0.5, 0.6) is 11.5 Å². The van der Waals surface area contributed by atoms with Crippen LogP contribution in [0.15, 0.2) is 65.7 Å². The molecule has 0 aliphatic carbocycles. The Kier molecular flexibility index (Phi) is 6.50. The lowest BCUT2D eigenvalue weighted by molar-refractivity contribution is 0.325. The molecule has 2 heterocycles. The first-order chi connectivity index (χ1) is 16.5. The third kappa shape index (κ3) is 4.86. The van der Waals surface area contributed by atoms with Crippen molar-refractivity contribution in [2.75, 3.05) is 19.2 Å². The lowest BCUT2D eigenvalue weighted by atomic mass is 10.0. The molecule has 1 unspecified atom stereocenters. The van der Waals surface area contributed by atoms with E-state index in [4.69, 9.17) is 26.4 Å². The number of aromatic nitrogens is 5. The van der Waals surface area contributed by atoms with Gasteiger partial charge in [0.15, 0.2) is 5.82 Å². The number of nitrogens with zero attached hydrogens (tertiary/aromatic N) is 4. The maximum atomic E-state index is 12.7. The fraction of sp³-hybridized carbons (Fsp3) is 0.136. The van der Waals surface area contributed by atoms with Crippen molar-refractivity contribution in [3.63, 3.8) is 0 Å². The van der Waals surface area contributed by atoms with E-state index in [2.05, 4.69) is 25.4 Å². The third-order valence-electron chi connectivity index (χ3n) is 4.88. The van der Waals surface area contributed by atoms with E-state index in [9.17, 15) is 4.79 Å². The highest BCUT2D eigenvalue weighted by Crippen LogP contribution is 2.31. The summed E-state index contributed by atoms with van der Waals surface area (Å²) in [5.41, 5.74) is 12.6. The fourth-order valence-electron chi connectivity index (χ4n) is 3.29. The van der Waals surface area contributed by atoms with Gasteiger partial charge in [-0.15, -0.1) is 9.78 Å². The molecule has 0 fully saturated rings. The Morgan fingerprint density at radius 2 is 1.88 bits per heavy atom. The van der Waals surface area contributed by atoms with Gasteiger partial charge in [-0.3, -0.25) is 16.1 Å². The smallest absolute Gasteiger partial charge is 0.350 e. The maximum absolute atomic E-state index is 12.7. The summed E-state index contributed by atoms with van der Waals surface area (Å²) in [7, 11) is 1.54. The Balaban J connectivity index is 1.80. The van der Waals surface area contributed by atoms with Gasteiger partial charge >= 0.3 is 5.69 Å². The first kappa shape index (κ1) is 22.5. The summed E-state index contributed by atoms with van der Waals surface area (Å²) in [5, 5.41) is 15.4. The standard InChI is InChI=1S/C22H23N9O3/c1-33-16-9-14(10-17(11-16)34-12-23)18(28-15-5-3-13(4-6-15)19(24)25)20-29-22(32)31(30-20)21-26-7-2-8-27-21/h2-11,18,28H,12,23H2,1H3,(H3,24,25)(H,29,30,32). The molecule has 0 aliphatic rings. The highest BCUT2D eigenvalue weighted by atomic mass is 16.5. The second kappa shape index (κ2) is 9.83. The Morgan fingerprint density at radius 1 is 1.18 bits per heavy atom. The van der Waals surface area contributed by atoms with Crippen molar-refractivity contribution in [3.05, 3.63) is 88.4 Å². The normalized spacial score (nSPS) is 11.6. The van der Waals surface area contributed by atoms with Crippen molar-refractivity contribution < 1.29 is 9.47 Å². The molecule has 0 spiro atoms. The second-order valence-corrected chi connectivity index (χ2v) is 7.10. The van der Waals surface area contributed by atoms with Gasteiger partial charge in [0.1, 0.15) is 30.1 Å². The third-order valence-corrected chi connectivity index (χ3v) is 4.88. The van der Waals surface area contributed by atoms with Crippen LogP contribution in [-0.4, -0.2) is 44.4 Å². The quantitative estimate of drug-likeness (QED) is 0.139. The van der Waals surface area contributed by atoms with E-state index < -0.39 is 11.7 Å². The second-order valence-electron chi connectivity index (χ2n) is 7.10. The van der Waals surface area contributed by atoms with Gasteiger partial charge in [-0.1, -0.05) is 0 Å². The summed E-state index contributed by atoms with van der Waals surface area (Å²) in [6, 6.07) is 13.3. The van der Waals surface area contributed by atoms with E-state index in [0.717, 1.165) is 4.68 Å². The van der Waals surface area contributed by atoms with Crippen LogP contribution in [0.1, 0.15) is 23.0 Å². The van der Waals surface area contributed by atoms with E-state index in [-0.39, 0.29) is 18.5 Å². The first-order valence-corrected chi connectivity index (χ1v) is 10.2. The van der Waals surface area contributed by atoms with Gasteiger partial charge in [0.05, 0.1) is 7.11 Å². The maximum Gasteiger partial charge on any atom is 0.350 e. The summed E-state index contributed by atoms with van der Waals surface area (Å²) in [6.07, 6.45) is 3.04. The molecule has 0 aliphatic heterocycles. The monoisotopic (exact) mass is 461 g/mol. The number of nitrogens with one attached hydrogen (secondary N) is 3. The van der Waals surface area contributed by atoms with Gasteiger partial charge in [-0.2, -0.15) is 0 Å². The molecule has 0 amide bonds. The minimum atomic E-state index is -0.629. The zero-order chi connectivity index (χ0) is 24.1. The van der Waals surface area contributed by atoms with Crippen molar-refractivity contribution in [2.45, 2.75) is 6.04 Å². The van der Waals surface area contributed by atoms with Crippen molar-refractivity contribution in [3.8, 4) is 17.4 Å². The van der Waals surface area contributed by atoms with Crippen molar-refractivity contribution >= 4 is 11.5 Å². The Hall–Kier alpha value is -4.71. The van der Waals surface area contributed by atoms with Crippen LogP contribution in [0.2, 0.25) is 0 Å². The summed E-state index contributed by atoms with van der Waals surface area (Å²) >= 11 is 0. The first-order valence-electron chi connectivity index (χ1n) is 10.2. The molecule has 2 aromatic heterocycles. The van der Waals surface area contributed by atoms with Crippen molar-refractivity contribution in [2.24, 2.45) is 11.5 Å². The van der Waals surface area contributed by atoms with Crippen LogP contribution >= 0.6 is 0 Å². The van der Waals surface area contributed by atoms with E-state index in [1.807, 2.05) is 0 Å². The Bertz CT molecular complexity index is 1330. The van der Waals surface area contributed by atoms with Crippen LogP contribution in [-0.2, 0) is 0 Å². The molecule has 7 N–H and O–H groups in total. The zero-order valence-electron chi connectivity index (χ0n) is 18.2. The number of ether oxygens (including phenoxy) is 2. The van der Waals surface area contributed by atoms with E-state index in [1.165, 1.54) is 19.5 Å². The van der Waals surface area contributed by atoms with E-state index in [0.29, 0.717) is 34.1 Å². The number of anilines is 1. The van der Waals surface area contributed by atoms with Crippen LogP contribution in [0.3, 0.4) is 0 Å². The number of hydrogen-bond donors (Lipinski definition) is 5. The van der Waals surface area contributed by atoms with E-state index >= 15 is 0 Å². The molecule has 4 aromatic rings. The molecule has 174 valence electrons. The summed E-state index contributed by atoms with van der Waals surface area (Å²) < 4.78 is 12.0. The van der Waals surface area contributed by atoms with E-state index in [1.54, 1.807) is 48.5 Å². The number of aromatic amines is 1. The minimum Gasteiger partial charge on any atom is -0.497 e. The van der Waals surface area contributed by atoms with Gasteiger partial charge in [-0.25, -0.2) is 14.8 Å². The highest BCUT2D eigenvalue weighted by molar-refractivity contribution is 5.95. The molecule has 2 aromatic carbocycles. The number of benzene rings is 2. The molecule has 12 nitrogen and oxygen atoms in total. The summed E-state index contributed by atoms with van der Waals surface area (Å²) in [5.74, 6) is 1.43. The average molecular weight is 461 g/mol. The van der Waals surface area contributed by atoms with Gasteiger partial charge in [0.2, 0.25) is 0 Å². The SMILES string of the molecule is COc1cc(OCN)cc(C(Nc2ccc(C(=N)N)cc2)c2nn(-c3ncccn3)c(=O)[nH]2)c1. The van der Waals surface area contributed by atoms with Crippen molar-refractivity contribution in [1.82, 2.24) is 24.7 Å². The highest BCUT2D eigenvalue weighted by Gasteiger charge is 2.22. The van der Waals surface area contributed by atoms with Crippen LogP contribution in [0, 0.1) is 5.41 Å². The molecule has 0 saturated carbocycles. The van der Waals surface area contributed by atoms with Crippen molar-refractivity contribution in [1.29, 1.82) is 5.41 Å². The predicted octanol–water partition coefficient (Wildman–Crippen LogP) is 1.14. The van der Waals surface area contributed by atoms with Gasteiger partial charge in [-0.05, 0) is 48.0 Å². The summed E-state index contributed by atoms with van der Waals surface area (Å²) in [6.45, 7) is -0.0198. The molecule has 0 radical (unpaired) electrons. The number of amidine groups is 1. The molecule has 12 heteroatoms. The lowest BCUT2D eigenvalue weighted by Gasteiger charge is -2.20. The minimum absolute atomic E-state index is 0.0198.